The lowest BCUT2D eigenvalue weighted by atomic mass is 10.1. The monoisotopic (exact) mass is 343 g/mol. The van der Waals surface area contributed by atoms with Crippen molar-refractivity contribution in [3.05, 3.63) is 47.3 Å². The van der Waals surface area contributed by atoms with Gasteiger partial charge < -0.3 is 24.1 Å². The SMILES string of the molecule is COCc1cc(C(C)N(C(=O)[O-])c2cccc(C(F)(F)F)c2)on1. The molecule has 9 heteroatoms. The number of alkyl halides is 3. The lowest BCUT2D eigenvalue weighted by Crippen LogP contribution is -2.43. The van der Waals surface area contributed by atoms with Gasteiger partial charge in [-0.25, -0.2) is 0 Å². The Hall–Kier alpha value is -2.55. The Bertz CT molecular complexity index is 715. The number of nitrogens with zero attached hydrogens (tertiary/aromatic N) is 2. The van der Waals surface area contributed by atoms with E-state index in [0.717, 1.165) is 18.2 Å². The first-order chi connectivity index (χ1) is 11.2. The molecule has 0 bridgehead atoms. The first-order valence-corrected chi connectivity index (χ1v) is 6.86. The van der Waals surface area contributed by atoms with Gasteiger partial charge in [-0.3, -0.25) is 0 Å². The first kappa shape index (κ1) is 17.8. The van der Waals surface area contributed by atoms with E-state index in [0.29, 0.717) is 10.6 Å². The fourth-order valence-corrected chi connectivity index (χ4v) is 2.19. The summed E-state index contributed by atoms with van der Waals surface area (Å²) in [5.41, 5.74) is -0.709. The number of rotatable bonds is 5. The average Bonchev–Trinajstić information content (AvgIpc) is 2.95. The molecule has 1 heterocycles. The van der Waals surface area contributed by atoms with Gasteiger partial charge in [-0.2, -0.15) is 13.2 Å². The lowest BCUT2D eigenvalue weighted by Gasteiger charge is -2.30. The van der Waals surface area contributed by atoms with Gasteiger partial charge in [-0.1, -0.05) is 11.2 Å². The van der Waals surface area contributed by atoms with Crippen molar-refractivity contribution in [2.75, 3.05) is 12.0 Å². The number of carbonyl (C=O) groups is 1. The van der Waals surface area contributed by atoms with E-state index in [1.54, 1.807) is 0 Å². The van der Waals surface area contributed by atoms with Gasteiger partial charge in [0.2, 0.25) is 0 Å². The van der Waals surface area contributed by atoms with Crippen molar-refractivity contribution in [2.24, 2.45) is 0 Å². The Morgan fingerprint density at radius 2 is 2.12 bits per heavy atom. The minimum absolute atomic E-state index is 0.156. The van der Waals surface area contributed by atoms with Gasteiger partial charge >= 0.3 is 6.18 Å². The van der Waals surface area contributed by atoms with Gasteiger partial charge in [-0.05, 0) is 25.1 Å². The molecule has 0 radical (unpaired) electrons. The summed E-state index contributed by atoms with van der Waals surface area (Å²) in [5.74, 6) is 0.156. The zero-order valence-electron chi connectivity index (χ0n) is 12.8. The molecule has 130 valence electrons. The number of amides is 1. The number of ether oxygens (including phenoxy) is 1. The van der Waals surface area contributed by atoms with Crippen LogP contribution in [0, 0.1) is 0 Å². The summed E-state index contributed by atoms with van der Waals surface area (Å²) >= 11 is 0. The second kappa shape index (κ2) is 6.91. The quantitative estimate of drug-likeness (QED) is 0.834. The number of aromatic nitrogens is 1. The van der Waals surface area contributed by atoms with Gasteiger partial charge in [0.25, 0.3) is 0 Å². The third-order valence-electron chi connectivity index (χ3n) is 3.32. The summed E-state index contributed by atoms with van der Waals surface area (Å²) < 4.78 is 48.4. The fourth-order valence-electron chi connectivity index (χ4n) is 2.19. The molecule has 1 amide bonds. The predicted octanol–water partition coefficient (Wildman–Crippen LogP) is 2.75. The topological polar surface area (TPSA) is 78.6 Å². The van der Waals surface area contributed by atoms with Crippen LogP contribution in [-0.2, 0) is 17.5 Å². The standard InChI is InChI=1S/C15H15F3N2O4/c1-9(13-7-11(8-23-2)19-24-13)20(14(21)22)12-5-3-4-10(6-12)15(16,17)18/h3-7,9H,8H2,1-2H3,(H,21,22)/p-1. The first-order valence-electron chi connectivity index (χ1n) is 6.86. The Kier molecular flexibility index (Phi) is 5.13. The van der Waals surface area contributed by atoms with Crippen LogP contribution in [0.15, 0.2) is 34.9 Å². The van der Waals surface area contributed by atoms with Crippen LogP contribution < -0.4 is 10.0 Å². The molecule has 1 aromatic heterocycles. The zero-order chi connectivity index (χ0) is 17.9. The van der Waals surface area contributed by atoms with Crippen molar-refractivity contribution < 1.29 is 32.3 Å². The number of benzene rings is 1. The molecule has 0 spiro atoms. The second-order valence-corrected chi connectivity index (χ2v) is 5.01. The highest BCUT2D eigenvalue weighted by Crippen LogP contribution is 2.34. The number of halogens is 3. The Morgan fingerprint density at radius 3 is 2.71 bits per heavy atom. The minimum Gasteiger partial charge on any atom is -0.530 e. The summed E-state index contributed by atoms with van der Waals surface area (Å²) in [4.78, 5) is 12.1. The molecule has 0 N–H and O–H groups in total. The van der Waals surface area contributed by atoms with Crippen LogP contribution in [0.3, 0.4) is 0 Å². The van der Waals surface area contributed by atoms with Crippen LogP contribution in [0.4, 0.5) is 23.7 Å². The van der Waals surface area contributed by atoms with Gasteiger partial charge in [0.15, 0.2) is 5.76 Å². The molecule has 1 aromatic carbocycles. The highest BCUT2D eigenvalue weighted by Gasteiger charge is 2.31. The summed E-state index contributed by atoms with van der Waals surface area (Å²) in [6.45, 7) is 1.61. The number of hydrogen-bond donors (Lipinski definition) is 0. The van der Waals surface area contributed by atoms with Gasteiger partial charge in [-0.15, -0.1) is 0 Å². The van der Waals surface area contributed by atoms with E-state index in [4.69, 9.17) is 9.26 Å². The fraction of sp³-hybridized carbons (Fsp3) is 0.333. The molecule has 0 aliphatic carbocycles. The van der Waals surface area contributed by atoms with Crippen LogP contribution in [0.25, 0.3) is 0 Å². The Labute approximate surface area is 135 Å². The van der Waals surface area contributed by atoms with Crippen molar-refractivity contribution >= 4 is 11.8 Å². The second-order valence-electron chi connectivity index (χ2n) is 5.01. The van der Waals surface area contributed by atoms with Crippen LogP contribution in [0.5, 0.6) is 0 Å². The molecule has 6 nitrogen and oxygen atoms in total. The summed E-state index contributed by atoms with van der Waals surface area (Å²) in [5, 5.41) is 15.2. The number of carboxylic acid groups (broad SMARTS) is 1. The van der Waals surface area contributed by atoms with E-state index >= 15 is 0 Å². The number of methoxy groups -OCH3 is 1. The molecule has 1 atom stereocenters. The largest absolute Gasteiger partial charge is 0.530 e. The van der Waals surface area contributed by atoms with Crippen molar-refractivity contribution in [1.82, 2.24) is 5.16 Å². The smallest absolute Gasteiger partial charge is 0.416 e. The Balaban J connectivity index is 2.36. The maximum absolute atomic E-state index is 12.8. The van der Waals surface area contributed by atoms with E-state index in [1.165, 1.54) is 26.2 Å². The van der Waals surface area contributed by atoms with Crippen LogP contribution >= 0.6 is 0 Å². The van der Waals surface area contributed by atoms with E-state index < -0.39 is 23.9 Å². The van der Waals surface area contributed by atoms with Crippen LogP contribution in [-0.4, -0.2) is 18.4 Å². The van der Waals surface area contributed by atoms with E-state index in [1.807, 2.05) is 0 Å². The molecular formula is C15H14F3N2O4-. The molecule has 0 fully saturated rings. The predicted molar refractivity (Wildman–Crippen MR) is 75.0 cm³/mol. The minimum atomic E-state index is -4.59. The molecular weight excluding hydrogens is 329 g/mol. The van der Waals surface area contributed by atoms with Crippen LogP contribution in [0.2, 0.25) is 0 Å². The maximum Gasteiger partial charge on any atom is 0.416 e. The molecule has 0 saturated heterocycles. The van der Waals surface area contributed by atoms with Gasteiger partial charge in [0.1, 0.15) is 11.8 Å². The molecule has 0 aliphatic heterocycles. The van der Waals surface area contributed by atoms with Crippen molar-refractivity contribution in [3.63, 3.8) is 0 Å². The summed E-state index contributed by atoms with van der Waals surface area (Å²) in [6.07, 6.45) is -6.25. The molecule has 0 aliphatic rings. The molecule has 1 unspecified atom stereocenters. The number of hydrogen-bond acceptors (Lipinski definition) is 5. The lowest BCUT2D eigenvalue weighted by molar-refractivity contribution is -0.247. The Morgan fingerprint density at radius 1 is 1.42 bits per heavy atom. The summed E-state index contributed by atoms with van der Waals surface area (Å²) in [7, 11) is 1.45. The number of anilines is 1. The molecule has 2 rings (SSSR count). The highest BCUT2D eigenvalue weighted by atomic mass is 19.4. The van der Waals surface area contributed by atoms with Gasteiger partial charge in [0.05, 0.1) is 18.2 Å². The average molecular weight is 343 g/mol. The molecule has 24 heavy (non-hydrogen) atoms. The highest BCUT2D eigenvalue weighted by molar-refractivity contribution is 5.85. The molecule has 0 saturated carbocycles. The van der Waals surface area contributed by atoms with Gasteiger partial charge in [0, 0.05) is 18.9 Å². The maximum atomic E-state index is 12.8. The third kappa shape index (κ3) is 3.85. The van der Waals surface area contributed by atoms with Crippen molar-refractivity contribution in [1.29, 1.82) is 0 Å². The van der Waals surface area contributed by atoms with Crippen LogP contribution in [0.1, 0.15) is 30.0 Å². The normalized spacial score (nSPS) is 12.9. The van der Waals surface area contributed by atoms with Crippen molar-refractivity contribution in [3.8, 4) is 0 Å². The van der Waals surface area contributed by atoms with E-state index in [-0.39, 0.29) is 18.1 Å². The number of carbonyl (C=O) groups excluding carboxylic acids is 1. The van der Waals surface area contributed by atoms with Crippen molar-refractivity contribution in [2.45, 2.75) is 25.7 Å². The third-order valence-corrected chi connectivity index (χ3v) is 3.32. The van der Waals surface area contributed by atoms with E-state index in [9.17, 15) is 23.1 Å². The zero-order valence-corrected chi connectivity index (χ0v) is 12.8. The summed E-state index contributed by atoms with van der Waals surface area (Å²) in [6, 6.07) is 4.49. The van der Waals surface area contributed by atoms with E-state index in [2.05, 4.69) is 5.16 Å². The molecule has 2 aromatic rings.